The molecule has 15 heavy (non-hydrogen) atoms. The normalized spacial score (nSPS) is 9.67. The maximum atomic E-state index is 8.37. The quantitative estimate of drug-likeness (QED) is 0.816. The third-order valence-corrected chi connectivity index (χ3v) is 3.11. The Labute approximate surface area is 107 Å². The number of benzene rings is 1. The fourth-order valence-corrected chi connectivity index (χ4v) is 2.37. The van der Waals surface area contributed by atoms with Gasteiger partial charge in [-0.2, -0.15) is 5.26 Å². The molecule has 0 aliphatic rings. The Morgan fingerprint density at radius 3 is 2.73 bits per heavy atom. The number of nitrogens with one attached hydrogen (secondary N) is 1. The van der Waals surface area contributed by atoms with Gasteiger partial charge in [0, 0.05) is 27.6 Å². The number of rotatable bonds is 5. The summed E-state index contributed by atoms with van der Waals surface area (Å²) in [4.78, 5) is 0. The Balaban J connectivity index is 2.35. The summed E-state index contributed by atoms with van der Waals surface area (Å²) in [5.41, 5.74) is 1.09. The molecule has 1 N–H and O–H groups in total. The van der Waals surface area contributed by atoms with Gasteiger partial charge in [-0.15, -0.1) is 0 Å². The van der Waals surface area contributed by atoms with E-state index in [9.17, 15) is 0 Å². The molecule has 0 atom stereocenters. The van der Waals surface area contributed by atoms with Crippen LogP contribution in [-0.4, -0.2) is 6.54 Å². The van der Waals surface area contributed by atoms with E-state index in [4.69, 9.17) is 5.26 Å². The molecule has 0 aliphatic carbocycles. The van der Waals surface area contributed by atoms with Gasteiger partial charge in [-0.1, -0.05) is 15.9 Å². The monoisotopic (exact) mass is 330 g/mol. The molecule has 0 radical (unpaired) electrons. The second kappa shape index (κ2) is 6.86. The molecule has 4 heteroatoms. The highest BCUT2D eigenvalue weighted by Crippen LogP contribution is 2.25. The molecule has 0 aromatic heterocycles. The van der Waals surface area contributed by atoms with Gasteiger partial charge in [0.25, 0.3) is 0 Å². The zero-order chi connectivity index (χ0) is 11.1. The van der Waals surface area contributed by atoms with Crippen LogP contribution in [-0.2, 0) is 0 Å². The maximum absolute atomic E-state index is 8.37. The van der Waals surface area contributed by atoms with E-state index < -0.39 is 0 Å². The molecule has 0 saturated heterocycles. The first-order valence-corrected chi connectivity index (χ1v) is 6.38. The lowest BCUT2D eigenvalue weighted by Gasteiger charge is -2.07. The highest BCUT2D eigenvalue weighted by Gasteiger charge is 1.98. The van der Waals surface area contributed by atoms with Crippen LogP contribution in [0.4, 0.5) is 5.69 Å². The highest BCUT2D eigenvalue weighted by atomic mass is 79.9. The molecule has 1 rings (SSSR count). The molecule has 0 unspecified atom stereocenters. The van der Waals surface area contributed by atoms with E-state index in [0.29, 0.717) is 6.42 Å². The summed E-state index contributed by atoms with van der Waals surface area (Å²) in [6.07, 6.45) is 2.62. The number of nitriles is 1. The van der Waals surface area contributed by atoms with E-state index in [-0.39, 0.29) is 0 Å². The van der Waals surface area contributed by atoms with Crippen LogP contribution in [0.5, 0.6) is 0 Å². The van der Waals surface area contributed by atoms with Crippen LogP contribution in [0, 0.1) is 11.3 Å². The number of halogens is 2. The molecule has 80 valence electrons. The summed E-state index contributed by atoms with van der Waals surface area (Å²) in [5.74, 6) is 0. The van der Waals surface area contributed by atoms with Gasteiger partial charge >= 0.3 is 0 Å². The SMILES string of the molecule is N#CCCCCNc1ccc(Br)cc1Br. The molecule has 0 saturated carbocycles. The van der Waals surface area contributed by atoms with Gasteiger partial charge in [-0.25, -0.2) is 0 Å². The summed E-state index contributed by atoms with van der Waals surface area (Å²) < 4.78 is 2.11. The third-order valence-electron chi connectivity index (χ3n) is 1.96. The van der Waals surface area contributed by atoms with Gasteiger partial charge in [0.2, 0.25) is 0 Å². The van der Waals surface area contributed by atoms with Gasteiger partial charge < -0.3 is 5.32 Å². The van der Waals surface area contributed by atoms with E-state index >= 15 is 0 Å². The number of hydrogen-bond acceptors (Lipinski definition) is 2. The van der Waals surface area contributed by atoms with Crippen LogP contribution in [0.1, 0.15) is 19.3 Å². The van der Waals surface area contributed by atoms with Gasteiger partial charge in [-0.3, -0.25) is 0 Å². The Morgan fingerprint density at radius 2 is 2.07 bits per heavy atom. The minimum absolute atomic E-state index is 0.642. The molecule has 1 aromatic carbocycles. The predicted octanol–water partition coefficient (Wildman–Crippen LogP) is 4.32. The van der Waals surface area contributed by atoms with Crippen molar-refractivity contribution in [2.24, 2.45) is 0 Å². The van der Waals surface area contributed by atoms with Crippen LogP contribution in [0.2, 0.25) is 0 Å². The molecule has 1 aromatic rings. The summed E-state index contributed by atoms with van der Waals surface area (Å²) in [5, 5.41) is 11.7. The van der Waals surface area contributed by atoms with Crippen LogP contribution in [0.15, 0.2) is 27.1 Å². The average molecular weight is 332 g/mol. The lowest BCUT2D eigenvalue weighted by Crippen LogP contribution is -2.01. The second-order valence-electron chi connectivity index (χ2n) is 3.17. The molecule has 0 spiro atoms. The van der Waals surface area contributed by atoms with Crippen LogP contribution < -0.4 is 5.32 Å². The Kier molecular flexibility index (Phi) is 5.74. The van der Waals surface area contributed by atoms with Crippen molar-refractivity contribution in [3.8, 4) is 6.07 Å². The maximum Gasteiger partial charge on any atom is 0.0621 e. The minimum atomic E-state index is 0.642. The standard InChI is InChI=1S/C11H12Br2N2/c12-9-4-5-11(10(13)8-9)15-7-3-1-2-6-14/h4-5,8,15H,1-3,7H2. The van der Waals surface area contributed by atoms with Crippen molar-refractivity contribution < 1.29 is 0 Å². The number of nitrogens with zero attached hydrogens (tertiary/aromatic N) is 1. The predicted molar refractivity (Wildman–Crippen MR) is 69.8 cm³/mol. The van der Waals surface area contributed by atoms with Gasteiger partial charge in [0.15, 0.2) is 0 Å². The lowest BCUT2D eigenvalue weighted by atomic mass is 10.2. The molecule has 0 bridgehead atoms. The first-order valence-electron chi connectivity index (χ1n) is 4.80. The molecule has 0 aliphatic heterocycles. The highest BCUT2D eigenvalue weighted by molar-refractivity contribution is 9.11. The van der Waals surface area contributed by atoms with E-state index in [2.05, 4.69) is 43.2 Å². The zero-order valence-corrected chi connectivity index (χ0v) is 11.4. The van der Waals surface area contributed by atoms with Crippen LogP contribution in [0.3, 0.4) is 0 Å². The van der Waals surface area contributed by atoms with E-state index in [0.717, 1.165) is 34.0 Å². The van der Waals surface area contributed by atoms with Crippen molar-refractivity contribution in [3.63, 3.8) is 0 Å². The summed E-state index contributed by atoms with van der Waals surface area (Å²) >= 11 is 6.89. The Morgan fingerprint density at radius 1 is 1.27 bits per heavy atom. The van der Waals surface area contributed by atoms with E-state index in [1.807, 2.05) is 18.2 Å². The second-order valence-corrected chi connectivity index (χ2v) is 4.94. The van der Waals surface area contributed by atoms with E-state index in [1.54, 1.807) is 0 Å². The van der Waals surface area contributed by atoms with Crippen LogP contribution >= 0.6 is 31.9 Å². The van der Waals surface area contributed by atoms with Crippen molar-refractivity contribution in [2.45, 2.75) is 19.3 Å². The van der Waals surface area contributed by atoms with Gasteiger partial charge in [0.05, 0.1) is 6.07 Å². The van der Waals surface area contributed by atoms with Crippen molar-refractivity contribution in [1.82, 2.24) is 0 Å². The van der Waals surface area contributed by atoms with Crippen molar-refractivity contribution in [3.05, 3.63) is 27.1 Å². The summed E-state index contributed by atoms with van der Waals surface area (Å²) in [6, 6.07) is 8.18. The fourth-order valence-electron chi connectivity index (χ4n) is 1.18. The average Bonchev–Trinajstić information content (AvgIpc) is 2.20. The van der Waals surface area contributed by atoms with Crippen molar-refractivity contribution in [2.75, 3.05) is 11.9 Å². The number of anilines is 1. The molecule has 0 heterocycles. The molecular weight excluding hydrogens is 320 g/mol. The lowest BCUT2D eigenvalue weighted by molar-refractivity contribution is 0.784. The van der Waals surface area contributed by atoms with E-state index in [1.165, 1.54) is 0 Å². The van der Waals surface area contributed by atoms with Gasteiger partial charge in [-0.05, 0) is 47.0 Å². The summed E-state index contributed by atoms with van der Waals surface area (Å²) in [6.45, 7) is 0.905. The fraction of sp³-hybridized carbons (Fsp3) is 0.364. The summed E-state index contributed by atoms with van der Waals surface area (Å²) in [7, 11) is 0. The number of unbranched alkanes of at least 4 members (excludes halogenated alkanes) is 2. The largest absolute Gasteiger partial charge is 0.384 e. The minimum Gasteiger partial charge on any atom is -0.384 e. The Bertz CT molecular complexity index is 358. The first kappa shape index (κ1) is 12.5. The third kappa shape index (κ3) is 4.67. The smallest absolute Gasteiger partial charge is 0.0621 e. The molecule has 0 amide bonds. The molecule has 0 fully saturated rings. The molecular formula is C11H12Br2N2. The molecule has 2 nitrogen and oxygen atoms in total. The zero-order valence-electron chi connectivity index (χ0n) is 8.26. The Hall–Kier alpha value is -0.530. The van der Waals surface area contributed by atoms with Crippen LogP contribution in [0.25, 0.3) is 0 Å². The first-order chi connectivity index (χ1) is 7.24. The van der Waals surface area contributed by atoms with Crippen molar-refractivity contribution >= 4 is 37.5 Å². The number of hydrogen-bond donors (Lipinski definition) is 1. The van der Waals surface area contributed by atoms with Crippen molar-refractivity contribution in [1.29, 1.82) is 5.26 Å². The van der Waals surface area contributed by atoms with Gasteiger partial charge in [0.1, 0.15) is 0 Å². The topological polar surface area (TPSA) is 35.8 Å².